The van der Waals surface area contributed by atoms with E-state index in [1.54, 1.807) is 0 Å². The molecule has 2 aliphatic rings. The van der Waals surface area contributed by atoms with Crippen LogP contribution in [0, 0.1) is 23.2 Å². The lowest BCUT2D eigenvalue weighted by Gasteiger charge is -2.42. The molecule has 1 aliphatic heterocycles. The summed E-state index contributed by atoms with van der Waals surface area (Å²) in [5.41, 5.74) is 6.92. The molecule has 1 heterocycles. The fourth-order valence-corrected chi connectivity index (χ4v) is 4.43. The maximum Gasteiger partial charge on any atom is 0.00795 e. The van der Waals surface area contributed by atoms with E-state index in [0.717, 1.165) is 17.8 Å². The van der Waals surface area contributed by atoms with Crippen LogP contribution in [0.5, 0.6) is 0 Å². The third-order valence-electron chi connectivity index (χ3n) is 6.28. The van der Waals surface area contributed by atoms with Crippen molar-refractivity contribution in [1.29, 1.82) is 0 Å². The molecular weight excluding hydrogens is 256 g/mol. The summed E-state index contributed by atoms with van der Waals surface area (Å²) >= 11 is 0. The minimum Gasteiger partial charge on any atom is -0.327 e. The van der Waals surface area contributed by atoms with Crippen LogP contribution in [0.2, 0.25) is 0 Å². The van der Waals surface area contributed by atoms with Gasteiger partial charge in [0.05, 0.1) is 0 Å². The third kappa shape index (κ3) is 4.96. The molecule has 0 bridgehead atoms. The van der Waals surface area contributed by atoms with Crippen molar-refractivity contribution >= 4 is 0 Å². The minimum atomic E-state index is 0.439. The first-order valence-electron chi connectivity index (χ1n) is 9.38. The van der Waals surface area contributed by atoms with Crippen molar-refractivity contribution in [3.05, 3.63) is 0 Å². The van der Waals surface area contributed by atoms with Gasteiger partial charge in [-0.3, -0.25) is 0 Å². The Bertz CT molecular complexity index is 307. The van der Waals surface area contributed by atoms with Gasteiger partial charge in [-0.1, -0.05) is 34.1 Å². The molecule has 2 fully saturated rings. The van der Waals surface area contributed by atoms with Gasteiger partial charge in [-0.25, -0.2) is 0 Å². The topological polar surface area (TPSA) is 29.3 Å². The fourth-order valence-electron chi connectivity index (χ4n) is 4.43. The molecule has 1 saturated heterocycles. The monoisotopic (exact) mass is 294 g/mol. The van der Waals surface area contributed by atoms with Crippen molar-refractivity contribution in [2.24, 2.45) is 28.9 Å². The molecule has 1 aliphatic carbocycles. The predicted molar refractivity (Wildman–Crippen MR) is 92.3 cm³/mol. The highest BCUT2D eigenvalue weighted by Gasteiger charge is 2.35. The van der Waals surface area contributed by atoms with Crippen LogP contribution in [0.15, 0.2) is 0 Å². The Labute approximate surface area is 132 Å². The van der Waals surface area contributed by atoms with E-state index >= 15 is 0 Å². The van der Waals surface area contributed by atoms with Crippen LogP contribution < -0.4 is 5.73 Å². The summed E-state index contributed by atoms with van der Waals surface area (Å²) < 4.78 is 0. The zero-order chi connectivity index (χ0) is 15.5. The van der Waals surface area contributed by atoms with Crippen LogP contribution >= 0.6 is 0 Å². The van der Waals surface area contributed by atoms with Crippen molar-refractivity contribution in [3.8, 4) is 0 Å². The molecule has 0 aromatic carbocycles. The van der Waals surface area contributed by atoms with Crippen LogP contribution in [-0.2, 0) is 0 Å². The molecule has 21 heavy (non-hydrogen) atoms. The van der Waals surface area contributed by atoms with Gasteiger partial charge in [0, 0.05) is 12.6 Å². The zero-order valence-corrected chi connectivity index (χ0v) is 14.9. The second-order valence-corrected chi connectivity index (χ2v) is 8.81. The predicted octanol–water partition coefficient (Wildman–Crippen LogP) is 4.29. The van der Waals surface area contributed by atoms with E-state index in [1.165, 1.54) is 64.6 Å². The van der Waals surface area contributed by atoms with Crippen molar-refractivity contribution < 1.29 is 0 Å². The number of nitrogens with zero attached hydrogens (tertiary/aromatic N) is 1. The zero-order valence-electron chi connectivity index (χ0n) is 14.9. The SMILES string of the molecule is CCC1CCCN(CC2CC(C(C)(C)C)CCC2N)CC1. The maximum absolute atomic E-state index is 6.47. The summed E-state index contributed by atoms with van der Waals surface area (Å²) in [5, 5.41) is 0. The van der Waals surface area contributed by atoms with Gasteiger partial charge in [-0.15, -0.1) is 0 Å². The van der Waals surface area contributed by atoms with Crippen molar-refractivity contribution in [2.75, 3.05) is 19.6 Å². The molecule has 2 heteroatoms. The first-order valence-corrected chi connectivity index (χ1v) is 9.38. The summed E-state index contributed by atoms with van der Waals surface area (Å²) in [5.74, 6) is 2.55. The van der Waals surface area contributed by atoms with E-state index in [2.05, 4.69) is 32.6 Å². The van der Waals surface area contributed by atoms with Gasteiger partial charge in [-0.2, -0.15) is 0 Å². The van der Waals surface area contributed by atoms with Crippen molar-refractivity contribution in [3.63, 3.8) is 0 Å². The third-order valence-corrected chi connectivity index (χ3v) is 6.28. The Balaban J connectivity index is 1.88. The molecule has 0 aromatic rings. The van der Waals surface area contributed by atoms with Gasteiger partial charge in [-0.05, 0) is 74.8 Å². The van der Waals surface area contributed by atoms with E-state index in [0.29, 0.717) is 11.5 Å². The van der Waals surface area contributed by atoms with E-state index < -0.39 is 0 Å². The molecular formula is C19H38N2. The summed E-state index contributed by atoms with van der Waals surface area (Å²) in [6, 6.07) is 0.439. The summed E-state index contributed by atoms with van der Waals surface area (Å²) in [4.78, 5) is 2.73. The average molecular weight is 295 g/mol. The Hall–Kier alpha value is -0.0800. The Morgan fingerprint density at radius 3 is 2.48 bits per heavy atom. The largest absolute Gasteiger partial charge is 0.327 e. The Morgan fingerprint density at radius 2 is 1.81 bits per heavy atom. The van der Waals surface area contributed by atoms with E-state index in [9.17, 15) is 0 Å². The molecule has 0 radical (unpaired) electrons. The number of hydrogen-bond donors (Lipinski definition) is 1. The van der Waals surface area contributed by atoms with Gasteiger partial charge in [0.1, 0.15) is 0 Å². The summed E-state index contributed by atoms with van der Waals surface area (Å²) in [6.45, 7) is 13.4. The molecule has 2 N–H and O–H groups in total. The molecule has 2 nitrogen and oxygen atoms in total. The van der Waals surface area contributed by atoms with Gasteiger partial charge in [0.2, 0.25) is 0 Å². The van der Waals surface area contributed by atoms with E-state index in [-0.39, 0.29) is 0 Å². The first-order chi connectivity index (χ1) is 9.90. The van der Waals surface area contributed by atoms with Crippen molar-refractivity contribution in [1.82, 2.24) is 4.90 Å². The number of rotatable bonds is 3. The molecule has 0 amide bonds. The van der Waals surface area contributed by atoms with Gasteiger partial charge < -0.3 is 10.6 Å². The second kappa shape index (κ2) is 7.46. The Morgan fingerprint density at radius 1 is 1.05 bits per heavy atom. The van der Waals surface area contributed by atoms with Gasteiger partial charge in [0.25, 0.3) is 0 Å². The minimum absolute atomic E-state index is 0.439. The van der Waals surface area contributed by atoms with Crippen LogP contribution in [0.3, 0.4) is 0 Å². The maximum atomic E-state index is 6.47. The quantitative estimate of drug-likeness (QED) is 0.841. The first kappa shape index (κ1) is 17.3. The molecule has 4 unspecified atom stereocenters. The van der Waals surface area contributed by atoms with Gasteiger partial charge in [0.15, 0.2) is 0 Å². The molecule has 2 rings (SSSR count). The van der Waals surface area contributed by atoms with Gasteiger partial charge >= 0.3 is 0 Å². The molecule has 1 saturated carbocycles. The van der Waals surface area contributed by atoms with Crippen molar-refractivity contribution in [2.45, 2.75) is 78.7 Å². The summed E-state index contributed by atoms with van der Waals surface area (Å²) in [6.07, 6.45) is 9.51. The average Bonchev–Trinajstić information content (AvgIpc) is 2.65. The standard InChI is InChI=1S/C19H38N2/c1-5-15-7-6-11-21(12-10-15)14-16-13-17(19(2,3)4)8-9-18(16)20/h15-18H,5-14,20H2,1-4H3. The fraction of sp³-hybridized carbons (Fsp3) is 1.00. The van der Waals surface area contributed by atoms with Crippen LogP contribution in [0.1, 0.15) is 72.6 Å². The number of likely N-dealkylation sites (tertiary alicyclic amines) is 1. The lowest BCUT2D eigenvalue weighted by atomic mass is 9.67. The molecule has 0 spiro atoms. The molecule has 124 valence electrons. The second-order valence-electron chi connectivity index (χ2n) is 8.81. The lowest BCUT2D eigenvalue weighted by Crippen LogP contribution is -2.45. The molecule has 4 atom stereocenters. The van der Waals surface area contributed by atoms with E-state index in [4.69, 9.17) is 5.73 Å². The van der Waals surface area contributed by atoms with Crippen LogP contribution in [-0.4, -0.2) is 30.6 Å². The Kier molecular flexibility index (Phi) is 6.14. The van der Waals surface area contributed by atoms with Crippen LogP contribution in [0.4, 0.5) is 0 Å². The number of hydrogen-bond acceptors (Lipinski definition) is 2. The number of nitrogens with two attached hydrogens (primary N) is 1. The smallest absolute Gasteiger partial charge is 0.00795 e. The lowest BCUT2D eigenvalue weighted by molar-refractivity contribution is 0.0996. The summed E-state index contributed by atoms with van der Waals surface area (Å²) in [7, 11) is 0. The van der Waals surface area contributed by atoms with Crippen LogP contribution in [0.25, 0.3) is 0 Å². The highest BCUT2D eigenvalue weighted by Crippen LogP contribution is 2.40. The van der Waals surface area contributed by atoms with E-state index in [1.807, 2.05) is 0 Å². The highest BCUT2D eigenvalue weighted by molar-refractivity contribution is 4.89. The normalized spacial score (nSPS) is 36.4. The highest BCUT2D eigenvalue weighted by atomic mass is 15.1. The molecule has 0 aromatic heterocycles.